The molecule has 0 saturated heterocycles. The van der Waals surface area contributed by atoms with Gasteiger partial charge in [-0.3, -0.25) is 0 Å². The molecule has 5 nitrogen and oxygen atoms in total. The lowest BCUT2D eigenvalue weighted by Crippen LogP contribution is -1.79. The quantitative estimate of drug-likeness (QED) is 0.729. The predicted molar refractivity (Wildman–Crippen MR) is 69.8 cm³/mol. The Balaban J connectivity index is 1.72. The molecule has 1 aliphatic rings. The van der Waals surface area contributed by atoms with Gasteiger partial charge in [-0.1, -0.05) is 11.2 Å². The summed E-state index contributed by atoms with van der Waals surface area (Å²) in [6.45, 7) is 1.90. The number of thiophene rings is 1. The first-order chi connectivity index (χ1) is 9.31. The molecular weight excluding hydrogens is 262 g/mol. The monoisotopic (exact) mass is 273 g/mol. The van der Waals surface area contributed by atoms with Gasteiger partial charge in [-0.05, 0) is 31.2 Å². The highest BCUT2D eigenvalue weighted by Crippen LogP contribution is 2.41. The van der Waals surface area contributed by atoms with Gasteiger partial charge in [0.1, 0.15) is 0 Å². The molecule has 19 heavy (non-hydrogen) atoms. The van der Waals surface area contributed by atoms with Crippen molar-refractivity contribution in [1.82, 2.24) is 15.1 Å². The van der Waals surface area contributed by atoms with Crippen LogP contribution in [0.25, 0.3) is 22.4 Å². The average molecular weight is 273 g/mol. The highest BCUT2D eigenvalue weighted by Gasteiger charge is 2.31. The Morgan fingerprint density at radius 3 is 2.95 bits per heavy atom. The molecule has 1 aliphatic carbocycles. The van der Waals surface area contributed by atoms with Crippen LogP contribution in [-0.2, 0) is 0 Å². The summed E-state index contributed by atoms with van der Waals surface area (Å²) in [5.74, 6) is 2.86. The SMILES string of the molecule is Cc1nc(C2CC2)oc1-c1nc(-c2cccs2)no1. The van der Waals surface area contributed by atoms with Gasteiger partial charge in [-0.25, -0.2) is 4.98 Å². The maximum atomic E-state index is 5.75. The second-order valence-corrected chi connectivity index (χ2v) is 5.59. The van der Waals surface area contributed by atoms with Crippen molar-refractivity contribution < 1.29 is 8.94 Å². The third kappa shape index (κ3) is 1.88. The maximum absolute atomic E-state index is 5.75. The molecule has 3 aromatic heterocycles. The zero-order chi connectivity index (χ0) is 12.8. The Morgan fingerprint density at radius 1 is 1.32 bits per heavy atom. The van der Waals surface area contributed by atoms with Gasteiger partial charge in [-0.2, -0.15) is 4.98 Å². The normalized spacial score (nSPS) is 15.0. The minimum absolute atomic E-state index is 0.403. The van der Waals surface area contributed by atoms with Gasteiger partial charge in [0.15, 0.2) is 5.89 Å². The molecule has 0 amide bonds. The number of oxazole rings is 1. The lowest BCUT2D eigenvalue weighted by Gasteiger charge is -1.87. The highest BCUT2D eigenvalue weighted by molar-refractivity contribution is 7.13. The number of hydrogen-bond donors (Lipinski definition) is 0. The molecule has 3 aromatic rings. The van der Waals surface area contributed by atoms with Crippen molar-refractivity contribution in [2.75, 3.05) is 0 Å². The fourth-order valence-electron chi connectivity index (χ4n) is 1.94. The van der Waals surface area contributed by atoms with Gasteiger partial charge in [-0.15, -0.1) is 11.3 Å². The second kappa shape index (κ2) is 4.03. The first kappa shape index (κ1) is 10.9. The van der Waals surface area contributed by atoms with Crippen LogP contribution in [0.1, 0.15) is 30.3 Å². The van der Waals surface area contributed by atoms with Crippen LogP contribution in [0.5, 0.6) is 0 Å². The van der Waals surface area contributed by atoms with Gasteiger partial charge in [0.25, 0.3) is 5.89 Å². The summed E-state index contributed by atoms with van der Waals surface area (Å²) in [7, 11) is 0. The van der Waals surface area contributed by atoms with Crippen molar-refractivity contribution in [1.29, 1.82) is 0 Å². The lowest BCUT2D eigenvalue weighted by atomic mass is 10.3. The maximum Gasteiger partial charge on any atom is 0.295 e. The largest absolute Gasteiger partial charge is 0.435 e. The number of nitrogens with zero attached hydrogens (tertiary/aromatic N) is 3. The summed E-state index contributed by atoms with van der Waals surface area (Å²) in [4.78, 5) is 9.79. The van der Waals surface area contributed by atoms with E-state index >= 15 is 0 Å². The molecule has 0 radical (unpaired) electrons. The van der Waals surface area contributed by atoms with Crippen LogP contribution in [0, 0.1) is 6.92 Å². The third-order valence-corrected chi connectivity index (χ3v) is 3.97. The molecule has 0 aliphatic heterocycles. The van der Waals surface area contributed by atoms with Crippen molar-refractivity contribution >= 4 is 11.3 Å². The first-order valence-electron chi connectivity index (χ1n) is 6.16. The number of hydrogen-bond acceptors (Lipinski definition) is 6. The van der Waals surface area contributed by atoms with Crippen LogP contribution in [0.2, 0.25) is 0 Å². The summed E-state index contributed by atoms with van der Waals surface area (Å²) in [6.07, 6.45) is 2.31. The van der Waals surface area contributed by atoms with E-state index in [2.05, 4.69) is 15.1 Å². The van der Waals surface area contributed by atoms with Crippen LogP contribution >= 0.6 is 11.3 Å². The van der Waals surface area contributed by atoms with Gasteiger partial charge in [0.05, 0.1) is 10.6 Å². The van der Waals surface area contributed by atoms with Gasteiger partial charge >= 0.3 is 0 Å². The zero-order valence-electron chi connectivity index (χ0n) is 10.3. The molecule has 0 bridgehead atoms. The van der Waals surface area contributed by atoms with Crippen LogP contribution in [0.15, 0.2) is 26.5 Å². The number of aromatic nitrogens is 3. The van der Waals surface area contributed by atoms with E-state index in [1.54, 1.807) is 11.3 Å². The van der Waals surface area contributed by atoms with E-state index < -0.39 is 0 Å². The van der Waals surface area contributed by atoms with Gasteiger partial charge in [0.2, 0.25) is 11.6 Å². The van der Waals surface area contributed by atoms with Crippen molar-refractivity contribution in [3.05, 3.63) is 29.1 Å². The fraction of sp³-hybridized carbons (Fsp3) is 0.308. The molecule has 1 saturated carbocycles. The van der Waals surface area contributed by atoms with Crippen LogP contribution < -0.4 is 0 Å². The van der Waals surface area contributed by atoms with E-state index in [1.165, 1.54) is 0 Å². The highest BCUT2D eigenvalue weighted by atomic mass is 32.1. The molecule has 0 atom stereocenters. The molecule has 0 unspecified atom stereocenters. The molecule has 0 N–H and O–H groups in total. The van der Waals surface area contributed by atoms with Crippen LogP contribution in [-0.4, -0.2) is 15.1 Å². The summed E-state index contributed by atoms with van der Waals surface area (Å²) in [6, 6.07) is 3.92. The molecule has 6 heteroatoms. The fourth-order valence-corrected chi connectivity index (χ4v) is 2.59. The van der Waals surface area contributed by atoms with Crippen molar-refractivity contribution in [2.45, 2.75) is 25.7 Å². The Morgan fingerprint density at radius 2 is 2.21 bits per heavy atom. The first-order valence-corrected chi connectivity index (χ1v) is 7.04. The van der Waals surface area contributed by atoms with E-state index in [0.717, 1.165) is 29.3 Å². The number of aryl methyl sites for hydroxylation is 1. The topological polar surface area (TPSA) is 65.0 Å². The minimum Gasteiger partial charge on any atom is -0.435 e. The van der Waals surface area contributed by atoms with E-state index in [1.807, 2.05) is 24.4 Å². The molecule has 96 valence electrons. The molecular formula is C13H11N3O2S. The van der Waals surface area contributed by atoms with Crippen LogP contribution in [0.3, 0.4) is 0 Å². The van der Waals surface area contributed by atoms with E-state index in [-0.39, 0.29) is 0 Å². The summed E-state index contributed by atoms with van der Waals surface area (Å²) < 4.78 is 11.0. The summed E-state index contributed by atoms with van der Waals surface area (Å²) in [5.41, 5.74) is 0.809. The molecule has 4 rings (SSSR count). The second-order valence-electron chi connectivity index (χ2n) is 4.64. The lowest BCUT2D eigenvalue weighted by molar-refractivity contribution is 0.410. The molecule has 3 heterocycles. The van der Waals surface area contributed by atoms with Crippen LogP contribution in [0.4, 0.5) is 0 Å². The van der Waals surface area contributed by atoms with Crippen molar-refractivity contribution in [3.63, 3.8) is 0 Å². The Hall–Kier alpha value is -1.95. The summed E-state index contributed by atoms with van der Waals surface area (Å²) in [5, 5.41) is 5.96. The molecule has 0 spiro atoms. The van der Waals surface area contributed by atoms with Crippen molar-refractivity contribution in [3.8, 4) is 22.4 Å². The third-order valence-electron chi connectivity index (χ3n) is 3.10. The van der Waals surface area contributed by atoms with Crippen molar-refractivity contribution in [2.24, 2.45) is 0 Å². The predicted octanol–water partition coefficient (Wildman–Crippen LogP) is 3.64. The zero-order valence-corrected chi connectivity index (χ0v) is 11.1. The molecule has 1 fully saturated rings. The smallest absolute Gasteiger partial charge is 0.295 e. The Bertz CT molecular complexity index is 710. The Kier molecular flexibility index (Phi) is 2.32. The number of rotatable bonds is 3. The Labute approximate surface area is 113 Å². The van der Waals surface area contributed by atoms with E-state index in [0.29, 0.717) is 23.4 Å². The minimum atomic E-state index is 0.403. The standard InChI is InChI=1S/C13H11N3O2S/c1-7-10(17-12(14-7)8-4-5-8)13-15-11(16-18-13)9-3-2-6-19-9/h2-3,6,8H,4-5H2,1H3. The van der Waals surface area contributed by atoms with Gasteiger partial charge < -0.3 is 8.94 Å². The molecule has 0 aromatic carbocycles. The van der Waals surface area contributed by atoms with Gasteiger partial charge in [0, 0.05) is 5.92 Å². The summed E-state index contributed by atoms with van der Waals surface area (Å²) >= 11 is 1.58. The van der Waals surface area contributed by atoms with E-state index in [9.17, 15) is 0 Å². The van der Waals surface area contributed by atoms with E-state index in [4.69, 9.17) is 8.94 Å². The average Bonchev–Trinajstić information content (AvgIpc) is 2.85.